The van der Waals surface area contributed by atoms with Crippen LogP contribution in [0.4, 0.5) is 10.8 Å². The first kappa shape index (κ1) is 18.3. The van der Waals surface area contributed by atoms with Gasteiger partial charge in [-0.05, 0) is 17.7 Å². The van der Waals surface area contributed by atoms with Gasteiger partial charge in [0.05, 0.1) is 17.0 Å². The summed E-state index contributed by atoms with van der Waals surface area (Å²) in [6.07, 6.45) is 0.0181. The molecule has 1 amide bonds. The Bertz CT molecular complexity index is 971. The molecule has 1 aromatic heterocycles. The molecule has 26 heavy (non-hydrogen) atoms. The molecule has 1 heterocycles. The van der Waals surface area contributed by atoms with Gasteiger partial charge in [-0.3, -0.25) is 14.9 Å². The summed E-state index contributed by atoms with van der Waals surface area (Å²) >= 11 is 13.4. The minimum absolute atomic E-state index is 0.0181. The van der Waals surface area contributed by atoms with Crippen molar-refractivity contribution in [3.05, 3.63) is 73.6 Å². The minimum atomic E-state index is -0.466. The van der Waals surface area contributed by atoms with Crippen LogP contribution in [-0.2, 0) is 11.2 Å². The first-order valence-corrected chi connectivity index (χ1v) is 9.00. The maximum atomic E-state index is 12.2. The van der Waals surface area contributed by atoms with Gasteiger partial charge >= 0.3 is 0 Å². The van der Waals surface area contributed by atoms with Gasteiger partial charge in [0.2, 0.25) is 5.91 Å². The van der Waals surface area contributed by atoms with Crippen molar-refractivity contribution >= 4 is 51.3 Å². The van der Waals surface area contributed by atoms with Crippen LogP contribution in [0.1, 0.15) is 5.56 Å². The Hall–Kier alpha value is -2.48. The van der Waals surface area contributed by atoms with Gasteiger partial charge in [0.15, 0.2) is 5.13 Å². The standard InChI is InChI=1S/C17H11Cl2N3O3S/c18-13-5-2-6-14(19)12(13)8-16(23)21-17-20-15(9-26-17)10-3-1-4-11(7-10)22(24)25/h1-7,9H,8H2,(H,20,21,23). The molecule has 0 radical (unpaired) electrons. The van der Waals surface area contributed by atoms with Crippen molar-refractivity contribution in [2.24, 2.45) is 0 Å². The smallest absolute Gasteiger partial charge is 0.270 e. The van der Waals surface area contributed by atoms with Crippen molar-refractivity contribution in [2.45, 2.75) is 6.42 Å². The third-order valence-electron chi connectivity index (χ3n) is 3.50. The molecule has 0 aliphatic heterocycles. The van der Waals surface area contributed by atoms with E-state index >= 15 is 0 Å². The van der Waals surface area contributed by atoms with Crippen molar-refractivity contribution in [3.8, 4) is 11.3 Å². The minimum Gasteiger partial charge on any atom is -0.302 e. The van der Waals surface area contributed by atoms with Crippen molar-refractivity contribution in [1.82, 2.24) is 4.98 Å². The fourth-order valence-electron chi connectivity index (χ4n) is 2.27. The number of rotatable bonds is 5. The Morgan fingerprint density at radius 3 is 2.58 bits per heavy atom. The number of thiazole rings is 1. The lowest BCUT2D eigenvalue weighted by Crippen LogP contribution is -2.14. The number of hydrogen-bond acceptors (Lipinski definition) is 5. The first-order chi connectivity index (χ1) is 12.4. The van der Waals surface area contributed by atoms with Crippen LogP contribution in [-0.4, -0.2) is 15.8 Å². The number of anilines is 1. The number of carbonyl (C=O) groups is 1. The van der Waals surface area contributed by atoms with Gasteiger partial charge in [0.25, 0.3) is 5.69 Å². The number of nitrogens with one attached hydrogen (secondary N) is 1. The van der Waals surface area contributed by atoms with Crippen LogP contribution in [0.25, 0.3) is 11.3 Å². The highest BCUT2D eigenvalue weighted by Crippen LogP contribution is 2.28. The van der Waals surface area contributed by atoms with Gasteiger partial charge in [0, 0.05) is 33.1 Å². The third-order valence-corrected chi connectivity index (χ3v) is 4.97. The summed E-state index contributed by atoms with van der Waals surface area (Å²) in [6, 6.07) is 11.2. The van der Waals surface area contributed by atoms with Gasteiger partial charge in [-0.15, -0.1) is 11.3 Å². The number of halogens is 2. The number of amides is 1. The Kier molecular flexibility index (Phi) is 5.51. The third kappa shape index (κ3) is 4.19. The van der Waals surface area contributed by atoms with Gasteiger partial charge in [-0.1, -0.05) is 41.4 Å². The second-order valence-corrected chi connectivity index (χ2v) is 6.94. The molecular weight excluding hydrogens is 397 g/mol. The van der Waals surface area contributed by atoms with Crippen molar-refractivity contribution in [1.29, 1.82) is 0 Å². The van der Waals surface area contributed by atoms with Crippen molar-refractivity contribution < 1.29 is 9.72 Å². The number of benzene rings is 2. The van der Waals surface area contributed by atoms with Crippen LogP contribution in [0.2, 0.25) is 10.0 Å². The molecule has 0 saturated carbocycles. The highest BCUT2D eigenvalue weighted by Gasteiger charge is 2.14. The van der Waals surface area contributed by atoms with E-state index in [0.717, 1.165) is 0 Å². The van der Waals surface area contributed by atoms with Crippen LogP contribution in [0, 0.1) is 10.1 Å². The Morgan fingerprint density at radius 1 is 1.19 bits per heavy atom. The maximum Gasteiger partial charge on any atom is 0.270 e. The van der Waals surface area contributed by atoms with E-state index in [1.165, 1.54) is 23.5 Å². The molecule has 6 nitrogen and oxygen atoms in total. The van der Waals surface area contributed by atoms with Gasteiger partial charge < -0.3 is 5.32 Å². The average molecular weight is 408 g/mol. The molecule has 0 fully saturated rings. The summed E-state index contributed by atoms with van der Waals surface area (Å²) in [5, 5.41) is 16.5. The van der Waals surface area contributed by atoms with E-state index in [9.17, 15) is 14.9 Å². The number of nitro groups is 1. The molecule has 0 aliphatic carbocycles. The predicted octanol–water partition coefficient (Wildman–Crippen LogP) is 5.21. The fourth-order valence-corrected chi connectivity index (χ4v) is 3.53. The van der Waals surface area contributed by atoms with Gasteiger partial charge in [-0.25, -0.2) is 4.98 Å². The van der Waals surface area contributed by atoms with E-state index < -0.39 is 4.92 Å². The van der Waals surface area contributed by atoms with E-state index in [2.05, 4.69) is 10.3 Å². The van der Waals surface area contributed by atoms with E-state index in [-0.39, 0.29) is 18.0 Å². The van der Waals surface area contributed by atoms with Crippen molar-refractivity contribution in [3.63, 3.8) is 0 Å². The van der Waals surface area contributed by atoms with Crippen LogP contribution >= 0.6 is 34.5 Å². The number of nitro benzene ring substituents is 1. The largest absolute Gasteiger partial charge is 0.302 e. The van der Waals surface area contributed by atoms with E-state index in [1.54, 1.807) is 35.7 Å². The molecule has 132 valence electrons. The molecule has 0 bridgehead atoms. The zero-order chi connectivity index (χ0) is 18.7. The van der Waals surface area contributed by atoms with E-state index in [0.29, 0.717) is 32.0 Å². The quantitative estimate of drug-likeness (QED) is 0.464. The summed E-state index contributed by atoms with van der Waals surface area (Å²) in [7, 11) is 0. The average Bonchev–Trinajstić information content (AvgIpc) is 3.07. The van der Waals surface area contributed by atoms with Crippen LogP contribution in [0.5, 0.6) is 0 Å². The summed E-state index contributed by atoms with van der Waals surface area (Å²) in [6.45, 7) is 0. The SMILES string of the molecule is O=C(Cc1c(Cl)cccc1Cl)Nc1nc(-c2cccc([N+](=O)[O-])c2)cs1. The summed E-state index contributed by atoms with van der Waals surface area (Å²) in [4.78, 5) is 26.9. The summed E-state index contributed by atoms with van der Waals surface area (Å²) in [5.41, 5.74) is 1.67. The molecule has 0 saturated heterocycles. The highest BCUT2D eigenvalue weighted by atomic mass is 35.5. The molecule has 0 unspecified atom stereocenters. The lowest BCUT2D eigenvalue weighted by atomic mass is 10.1. The Balaban J connectivity index is 1.73. The fraction of sp³-hybridized carbons (Fsp3) is 0.0588. The Labute approximate surface area is 162 Å². The number of hydrogen-bond donors (Lipinski definition) is 1. The molecule has 0 atom stereocenters. The number of non-ortho nitro benzene ring substituents is 1. The molecule has 1 N–H and O–H groups in total. The second kappa shape index (κ2) is 7.82. The molecule has 0 aliphatic rings. The zero-order valence-electron chi connectivity index (χ0n) is 13.1. The van der Waals surface area contributed by atoms with Crippen LogP contribution in [0.3, 0.4) is 0 Å². The predicted molar refractivity (Wildman–Crippen MR) is 103 cm³/mol. The van der Waals surface area contributed by atoms with Gasteiger partial charge in [0.1, 0.15) is 0 Å². The van der Waals surface area contributed by atoms with Gasteiger partial charge in [-0.2, -0.15) is 0 Å². The topological polar surface area (TPSA) is 85.1 Å². The normalized spacial score (nSPS) is 10.5. The number of carbonyl (C=O) groups excluding carboxylic acids is 1. The zero-order valence-corrected chi connectivity index (χ0v) is 15.4. The molecular formula is C17H11Cl2N3O3S. The molecule has 2 aromatic carbocycles. The van der Waals surface area contributed by atoms with Crippen molar-refractivity contribution in [2.75, 3.05) is 5.32 Å². The van der Waals surface area contributed by atoms with E-state index in [4.69, 9.17) is 23.2 Å². The highest BCUT2D eigenvalue weighted by molar-refractivity contribution is 7.14. The molecule has 0 spiro atoms. The monoisotopic (exact) mass is 407 g/mol. The number of aromatic nitrogens is 1. The summed E-state index contributed by atoms with van der Waals surface area (Å²) < 4.78 is 0. The Morgan fingerprint density at radius 2 is 1.88 bits per heavy atom. The lowest BCUT2D eigenvalue weighted by Gasteiger charge is -2.06. The number of nitrogens with zero attached hydrogens (tertiary/aromatic N) is 2. The molecule has 9 heteroatoms. The maximum absolute atomic E-state index is 12.2. The molecule has 3 rings (SSSR count). The summed E-state index contributed by atoms with van der Waals surface area (Å²) in [5.74, 6) is -0.306. The molecule has 3 aromatic rings. The van der Waals surface area contributed by atoms with Crippen LogP contribution < -0.4 is 5.32 Å². The lowest BCUT2D eigenvalue weighted by molar-refractivity contribution is -0.384. The van der Waals surface area contributed by atoms with Crippen LogP contribution in [0.15, 0.2) is 47.8 Å². The van der Waals surface area contributed by atoms with E-state index in [1.807, 2.05) is 0 Å². The first-order valence-electron chi connectivity index (χ1n) is 7.37. The second-order valence-electron chi connectivity index (χ2n) is 5.27.